The zero-order chi connectivity index (χ0) is 47.2. The van der Waals surface area contributed by atoms with Crippen LogP contribution < -0.4 is 42.4 Å². The zero-order valence-corrected chi connectivity index (χ0v) is 35.7. The fourth-order valence-corrected chi connectivity index (χ4v) is 7.32. The molecule has 3 heterocycles. The van der Waals surface area contributed by atoms with E-state index in [0.29, 0.717) is 65.5 Å². The molecule has 20 heteroatoms. The van der Waals surface area contributed by atoms with E-state index in [1.54, 1.807) is 26.0 Å². The number of hydrogen-bond acceptors (Lipinski definition) is 11. The van der Waals surface area contributed by atoms with Gasteiger partial charge in [0.05, 0.1) is 16.3 Å². The third-order valence-corrected chi connectivity index (χ3v) is 10.9. The van der Waals surface area contributed by atoms with Gasteiger partial charge in [-0.3, -0.25) is 33.6 Å². The first-order chi connectivity index (χ1) is 30.2. The summed E-state index contributed by atoms with van der Waals surface area (Å²) < 4.78 is 42.1. The van der Waals surface area contributed by atoms with Crippen molar-refractivity contribution < 1.29 is 51.6 Å². The number of aliphatic carboxylic acids is 1. The number of carbonyl (C=O) groups excluding carboxylic acids is 5. The normalized spacial score (nSPS) is 11.9. The number of nitrogens with one attached hydrogen (secondary N) is 2. The molecular weight excluding hydrogens is 842 g/mol. The molecule has 6 N–H and O–H groups in total. The van der Waals surface area contributed by atoms with E-state index in [1.807, 2.05) is 61.0 Å². The fraction of sp³-hybridized carbons (Fsp3) is 0.341. The molecule has 64 heavy (non-hydrogen) atoms. The van der Waals surface area contributed by atoms with E-state index >= 15 is 0 Å². The Kier molecular flexibility index (Phi) is 14.8. The predicted octanol–water partition coefficient (Wildman–Crippen LogP) is 2.72. The summed E-state index contributed by atoms with van der Waals surface area (Å²) in [5.41, 5.74) is 14.6. The van der Waals surface area contributed by atoms with Crippen molar-refractivity contribution in [3.8, 4) is 5.75 Å². The van der Waals surface area contributed by atoms with Crippen molar-refractivity contribution in [3.05, 3.63) is 109 Å². The van der Waals surface area contributed by atoms with Crippen molar-refractivity contribution >= 4 is 62.6 Å². The number of pyridine rings is 1. The van der Waals surface area contributed by atoms with Crippen molar-refractivity contribution in [2.24, 2.45) is 31.5 Å². The Balaban J connectivity index is 0.00000102. The number of amides is 3. The predicted molar refractivity (Wildman–Crippen MR) is 226 cm³/mol. The van der Waals surface area contributed by atoms with Gasteiger partial charge in [-0.1, -0.05) is 37.6 Å². The topological polar surface area (TPSA) is 258 Å². The van der Waals surface area contributed by atoms with Crippen LogP contribution in [-0.2, 0) is 48.0 Å². The largest absolute Gasteiger partial charge is 0.542 e. The summed E-state index contributed by atoms with van der Waals surface area (Å²) in [5.74, 6) is -4.72. The molecular formula is C44H47F3N8O9. The molecule has 0 bridgehead atoms. The van der Waals surface area contributed by atoms with Gasteiger partial charge < -0.3 is 31.1 Å². The molecule has 17 nitrogen and oxygen atoms in total. The van der Waals surface area contributed by atoms with Crippen LogP contribution in [-0.4, -0.2) is 54.9 Å². The Morgan fingerprint density at radius 1 is 1.00 bits per heavy atom. The monoisotopic (exact) mass is 888 g/mol. The second kappa shape index (κ2) is 19.9. The maximum absolute atomic E-state index is 14.1. The number of imide groups is 1. The summed E-state index contributed by atoms with van der Waals surface area (Å²) in [7, 11) is 3.32. The highest BCUT2D eigenvalue weighted by molar-refractivity contribution is 6.14. The number of esters is 1. The van der Waals surface area contributed by atoms with Gasteiger partial charge in [-0.05, 0) is 61.9 Å². The lowest BCUT2D eigenvalue weighted by Crippen LogP contribution is -2.39. The first-order valence-corrected chi connectivity index (χ1v) is 20.1. The Labute approximate surface area is 362 Å². The number of H-pyrrole nitrogens is 1. The smallest absolute Gasteiger partial charge is 0.430 e. The van der Waals surface area contributed by atoms with Crippen LogP contribution in [0.1, 0.15) is 82.3 Å². The summed E-state index contributed by atoms with van der Waals surface area (Å²) >= 11 is 0. The van der Waals surface area contributed by atoms with Crippen LogP contribution in [0.15, 0.2) is 64.2 Å². The molecule has 0 aliphatic carbocycles. The molecule has 0 aliphatic rings. The molecule has 0 radical (unpaired) electrons. The highest BCUT2D eigenvalue weighted by atomic mass is 19.4. The standard InChI is InChI=1S/C42H46N8O7.C2HF3O2/c1-6-25(22-50-38-36(40(54)49(5)42(50)56)45-33(46-38)13-9-12-32(44)51)16-19-34(52)47-39(53)27-17-14-23(2)37(24(27)3)57-41(55)35-28-10-7-8-11-30(28)48(4)31-18-15-26(21-43)20-29(31)35;3-2(4,5)1(6)7/h7-8,10-11,14-15,17-18,20,25H,6,9,12-13,16,19,21-22,43H2,1-5H3,(H3-,44,45,46,47,51,52,53,54);(H,6,7). The number of nitrogens with zero attached hydrogens (tertiary/aromatic N) is 4. The third-order valence-electron chi connectivity index (χ3n) is 10.9. The second-order valence-corrected chi connectivity index (χ2v) is 15.2. The van der Waals surface area contributed by atoms with E-state index in [0.717, 1.165) is 21.2 Å². The van der Waals surface area contributed by atoms with Crippen molar-refractivity contribution in [1.29, 1.82) is 0 Å². The first kappa shape index (κ1) is 47.8. The van der Waals surface area contributed by atoms with Crippen molar-refractivity contribution in [3.63, 3.8) is 0 Å². The number of aromatic amines is 1. The van der Waals surface area contributed by atoms with E-state index in [1.165, 1.54) is 11.6 Å². The zero-order valence-electron chi connectivity index (χ0n) is 35.7. The number of carboxylic acid groups (broad SMARTS) is 1. The number of benzene rings is 3. The minimum atomic E-state index is -5.19. The molecule has 1 atom stereocenters. The van der Waals surface area contributed by atoms with Crippen LogP contribution >= 0.6 is 0 Å². The van der Waals surface area contributed by atoms with Gasteiger partial charge in [-0.2, -0.15) is 17.7 Å². The van der Waals surface area contributed by atoms with Gasteiger partial charge in [0.1, 0.15) is 30.1 Å². The number of carboxylic acids is 1. The maximum Gasteiger partial charge on any atom is 0.430 e. The molecule has 0 spiro atoms. The summed E-state index contributed by atoms with van der Waals surface area (Å²) in [6, 6.07) is 16.5. The van der Waals surface area contributed by atoms with Gasteiger partial charge in [-0.25, -0.2) is 14.6 Å². The molecule has 6 aromatic rings. The van der Waals surface area contributed by atoms with Gasteiger partial charge >= 0.3 is 17.8 Å². The lowest BCUT2D eigenvalue weighted by molar-refractivity contribution is -0.617. The number of halogens is 3. The Morgan fingerprint density at radius 2 is 1.67 bits per heavy atom. The Hall–Kier alpha value is -7.22. The maximum atomic E-state index is 14.1. The number of aryl methyl sites for hydroxylation is 3. The summed E-state index contributed by atoms with van der Waals surface area (Å²) in [5, 5.41) is 12.6. The molecule has 1 unspecified atom stereocenters. The van der Waals surface area contributed by atoms with Gasteiger partial charge in [0.25, 0.3) is 11.5 Å². The average molecular weight is 889 g/mol. The van der Waals surface area contributed by atoms with Crippen LogP contribution in [0.25, 0.3) is 33.0 Å². The first-order valence-electron chi connectivity index (χ1n) is 20.1. The SMILES string of the molecule is CCC(CCC(=O)NC(=O)c1ccc(C)c(OC(=O)c2c3ccccc3[n+](C)c3ccc(CN)cc23)c1C)Cn1c(=O)n(C)c(=O)c2[nH]c(CCCC(N)=O)nc21.O=C([O-])C(F)(F)F. The van der Waals surface area contributed by atoms with E-state index in [9.17, 15) is 41.9 Å². The molecule has 0 fully saturated rings. The number of primary amides is 1. The number of para-hydroxylation sites is 1. The number of ether oxygens (including phenoxy) is 1. The van der Waals surface area contributed by atoms with E-state index in [4.69, 9.17) is 26.1 Å². The molecule has 6 rings (SSSR count). The van der Waals surface area contributed by atoms with Crippen LogP contribution in [0, 0.1) is 19.8 Å². The molecule has 3 amide bonds. The molecule has 0 saturated carbocycles. The molecule has 3 aromatic carbocycles. The van der Waals surface area contributed by atoms with Gasteiger partial charge in [0, 0.05) is 62.7 Å². The van der Waals surface area contributed by atoms with Gasteiger partial charge in [0.2, 0.25) is 22.8 Å². The molecule has 0 saturated heterocycles. The van der Waals surface area contributed by atoms with E-state index in [2.05, 4.69) is 15.3 Å². The van der Waals surface area contributed by atoms with Crippen molar-refractivity contribution in [1.82, 2.24) is 24.4 Å². The number of hydrogen-bond donors (Lipinski definition) is 4. The summed E-state index contributed by atoms with van der Waals surface area (Å²) in [6.07, 6.45) is -3.34. The second-order valence-electron chi connectivity index (χ2n) is 15.2. The van der Waals surface area contributed by atoms with E-state index in [-0.39, 0.29) is 47.8 Å². The number of alkyl halides is 3. The van der Waals surface area contributed by atoms with Crippen LogP contribution in [0.5, 0.6) is 5.75 Å². The minimum Gasteiger partial charge on any atom is -0.542 e. The Morgan fingerprint density at radius 3 is 2.31 bits per heavy atom. The molecule has 0 aliphatic heterocycles. The lowest BCUT2D eigenvalue weighted by atomic mass is 9.99. The number of fused-ring (bicyclic) bond motifs is 3. The minimum absolute atomic E-state index is 0.0179. The number of nitrogens with two attached hydrogens (primary N) is 2. The molecule has 3 aromatic heterocycles. The quantitative estimate of drug-likeness (QED) is 0.0535. The molecule has 338 valence electrons. The number of imidazole rings is 1. The highest BCUT2D eigenvalue weighted by Gasteiger charge is 2.29. The van der Waals surface area contributed by atoms with E-state index < -0.39 is 47.1 Å². The van der Waals surface area contributed by atoms with Crippen LogP contribution in [0.3, 0.4) is 0 Å². The summed E-state index contributed by atoms with van der Waals surface area (Å²) in [6.45, 7) is 5.84. The number of aromatic nitrogens is 5. The number of carbonyl (C=O) groups is 5. The van der Waals surface area contributed by atoms with Crippen molar-refractivity contribution in [2.45, 2.75) is 78.6 Å². The number of rotatable bonds is 14. The van der Waals surface area contributed by atoms with Gasteiger partial charge in [0.15, 0.2) is 5.65 Å². The van der Waals surface area contributed by atoms with Crippen LogP contribution in [0.2, 0.25) is 0 Å². The lowest BCUT2D eigenvalue weighted by Gasteiger charge is -2.17. The third kappa shape index (κ3) is 10.5. The average Bonchev–Trinajstić information content (AvgIpc) is 3.67. The van der Waals surface area contributed by atoms with Crippen LogP contribution in [0.4, 0.5) is 13.2 Å². The van der Waals surface area contributed by atoms with Crippen molar-refractivity contribution in [2.75, 3.05) is 0 Å². The van der Waals surface area contributed by atoms with Gasteiger partial charge in [-0.15, -0.1) is 0 Å². The summed E-state index contributed by atoms with van der Waals surface area (Å²) in [4.78, 5) is 94.5. The fourth-order valence-electron chi connectivity index (χ4n) is 7.32. The highest BCUT2D eigenvalue weighted by Crippen LogP contribution is 2.31. The Bertz CT molecular complexity index is 2940.